The number of rotatable bonds is 5. The molecule has 0 aliphatic carbocycles. The lowest BCUT2D eigenvalue weighted by Gasteiger charge is -2.27. The van der Waals surface area contributed by atoms with E-state index in [0.717, 1.165) is 22.4 Å². The predicted molar refractivity (Wildman–Crippen MR) is 108 cm³/mol. The Morgan fingerprint density at radius 1 is 1.11 bits per heavy atom. The van der Waals surface area contributed by atoms with Gasteiger partial charge in [-0.15, -0.1) is 0 Å². The molecule has 2 unspecified atom stereocenters. The molecule has 6 heteroatoms. The molecular formula is C22H24N4O2. The Hall–Kier alpha value is -3.15. The van der Waals surface area contributed by atoms with E-state index in [9.17, 15) is 9.59 Å². The zero-order chi connectivity index (χ0) is 19.8. The summed E-state index contributed by atoms with van der Waals surface area (Å²) in [6, 6.07) is 14.5. The molecule has 0 saturated carbocycles. The predicted octanol–water partition coefficient (Wildman–Crippen LogP) is 3.42. The zero-order valence-corrected chi connectivity index (χ0v) is 16.3. The summed E-state index contributed by atoms with van der Waals surface area (Å²) >= 11 is 0. The number of amides is 2. The second-order valence-corrected chi connectivity index (χ2v) is 7.64. The van der Waals surface area contributed by atoms with Crippen molar-refractivity contribution < 1.29 is 9.59 Å². The summed E-state index contributed by atoms with van der Waals surface area (Å²) in [6.07, 6.45) is 0. The van der Waals surface area contributed by atoms with E-state index in [1.165, 1.54) is 0 Å². The molecule has 2 N–H and O–H groups in total. The van der Waals surface area contributed by atoms with Crippen LogP contribution in [-0.2, 0) is 11.3 Å². The number of para-hydroxylation sites is 2. The second kappa shape index (κ2) is 7.11. The minimum atomic E-state index is -0.564. The summed E-state index contributed by atoms with van der Waals surface area (Å²) in [5, 5.41) is 3.09. The molecule has 28 heavy (non-hydrogen) atoms. The van der Waals surface area contributed by atoms with E-state index in [1.54, 1.807) is 11.8 Å². The van der Waals surface area contributed by atoms with Crippen molar-refractivity contribution in [2.24, 2.45) is 5.92 Å². The first-order valence-corrected chi connectivity index (χ1v) is 9.59. The van der Waals surface area contributed by atoms with E-state index in [4.69, 9.17) is 0 Å². The Labute approximate surface area is 164 Å². The van der Waals surface area contributed by atoms with Gasteiger partial charge in [0, 0.05) is 12.1 Å². The average Bonchev–Trinajstić information content (AvgIpc) is 3.26. The molecule has 2 atom stereocenters. The standard InChI is InChI=1S/C22H24N4O2/c1-13(2)19(20-23-17-10-6-7-11-18(17)24-20)25-21(27)14(3)26-12-15-8-4-5-9-16(15)22(26)28/h4-11,13-14,19H,12H2,1-3H3,(H,23,24)(H,25,27). The summed E-state index contributed by atoms with van der Waals surface area (Å²) in [7, 11) is 0. The molecule has 0 fully saturated rings. The van der Waals surface area contributed by atoms with E-state index < -0.39 is 6.04 Å². The van der Waals surface area contributed by atoms with Gasteiger partial charge in [-0.05, 0) is 36.6 Å². The van der Waals surface area contributed by atoms with Gasteiger partial charge in [0.2, 0.25) is 5.91 Å². The number of hydrogen-bond acceptors (Lipinski definition) is 3. The number of nitrogens with zero attached hydrogens (tertiary/aromatic N) is 2. The van der Waals surface area contributed by atoms with E-state index in [2.05, 4.69) is 15.3 Å². The fraction of sp³-hybridized carbons (Fsp3) is 0.318. The third kappa shape index (κ3) is 3.15. The highest BCUT2D eigenvalue weighted by atomic mass is 16.2. The van der Waals surface area contributed by atoms with Gasteiger partial charge in [0.15, 0.2) is 0 Å². The number of imidazole rings is 1. The first kappa shape index (κ1) is 18.2. The van der Waals surface area contributed by atoms with E-state index in [-0.39, 0.29) is 23.8 Å². The number of fused-ring (bicyclic) bond motifs is 2. The van der Waals surface area contributed by atoms with Gasteiger partial charge >= 0.3 is 0 Å². The van der Waals surface area contributed by atoms with Crippen molar-refractivity contribution in [3.63, 3.8) is 0 Å². The van der Waals surface area contributed by atoms with E-state index in [1.807, 2.05) is 62.4 Å². The van der Waals surface area contributed by atoms with Crippen LogP contribution in [0.2, 0.25) is 0 Å². The maximum absolute atomic E-state index is 13.0. The van der Waals surface area contributed by atoms with Crippen LogP contribution in [0.15, 0.2) is 48.5 Å². The van der Waals surface area contributed by atoms with Gasteiger partial charge in [0.1, 0.15) is 11.9 Å². The van der Waals surface area contributed by atoms with Crippen molar-refractivity contribution >= 4 is 22.8 Å². The molecular weight excluding hydrogens is 352 g/mol. The van der Waals surface area contributed by atoms with Gasteiger partial charge in [-0.3, -0.25) is 9.59 Å². The summed E-state index contributed by atoms with van der Waals surface area (Å²) in [5.41, 5.74) is 3.45. The number of nitrogens with one attached hydrogen (secondary N) is 2. The lowest BCUT2D eigenvalue weighted by Crippen LogP contribution is -2.47. The first-order chi connectivity index (χ1) is 13.5. The number of aromatic amines is 1. The quantitative estimate of drug-likeness (QED) is 0.716. The highest BCUT2D eigenvalue weighted by Gasteiger charge is 2.35. The lowest BCUT2D eigenvalue weighted by atomic mass is 10.0. The minimum absolute atomic E-state index is 0.0944. The van der Waals surface area contributed by atoms with Crippen molar-refractivity contribution in [3.8, 4) is 0 Å². The smallest absolute Gasteiger partial charge is 0.255 e. The molecule has 144 valence electrons. The third-order valence-electron chi connectivity index (χ3n) is 5.36. The molecule has 6 nitrogen and oxygen atoms in total. The van der Waals surface area contributed by atoms with Crippen molar-refractivity contribution in [2.75, 3.05) is 0 Å². The molecule has 0 spiro atoms. The Morgan fingerprint density at radius 2 is 1.82 bits per heavy atom. The minimum Gasteiger partial charge on any atom is -0.344 e. The molecule has 0 bridgehead atoms. The largest absolute Gasteiger partial charge is 0.344 e. The average molecular weight is 376 g/mol. The molecule has 4 rings (SSSR count). The Balaban J connectivity index is 1.53. The molecule has 1 aliphatic rings. The number of benzene rings is 2. The van der Waals surface area contributed by atoms with Crippen LogP contribution in [0, 0.1) is 5.92 Å². The van der Waals surface area contributed by atoms with Crippen molar-refractivity contribution in [1.82, 2.24) is 20.2 Å². The number of aromatic nitrogens is 2. The van der Waals surface area contributed by atoms with Crippen LogP contribution in [-0.4, -0.2) is 32.7 Å². The SMILES string of the molecule is CC(C)C(NC(=O)C(C)N1Cc2ccccc2C1=O)c1nc2ccccc2[nH]1. The van der Waals surface area contributed by atoms with Gasteiger partial charge in [-0.2, -0.15) is 0 Å². The third-order valence-corrected chi connectivity index (χ3v) is 5.36. The van der Waals surface area contributed by atoms with Crippen molar-refractivity contribution in [2.45, 2.75) is 39.4 Å². The van der Waals surface area contributed by atoms with Crippen LogP contribution in [0.5, 0.6) is 0 Å². The summed E-state index contributed by atoms with van der Waals surface area (Å²) in [4.78, 5) is 35.2. The molecule has 2 aromatic carbocycles. The van der Waals surface area contributed by atoms with Crippen LogP contribution in [0.25, 0.3) is 11.0 Å². The summed E-state index contributed by atoms with van der Waals surface area (Å²) < 4.78 is 0. The van der Waals surface area contributed by atoms with Gasteiger partial charge in [0.25, 0.3) is 5.91 Å². The van der Waals surface area contributed by atoms with Gasteiger partial charge in [0.05, 0.1) is 17.1 Å². The molecule has 1 aromatic heterocycles. The number of hydrogen-bond donors (Lipinski definition) is 2. The zero-order valence-electron chi connectivity index (χ0n) is 16.3. The van der Waals surface area contributed by atoms with Crippen molar-refractivity contribution in [1.29, 1.82) is 0 Å². The fourth-order valence-corrected chi connectivity index (χ4v) is 3.68. The van der Waals surface area contributed by atoms with Crippen LogP contribution in [0.4, 0.5) is 0 Å². The highest BCUT2D eigenvalue weighted by molar-refractivity contribution is 6.01. The molecule has 2 heterocycles. The summed E-state index contributed by atoms with van der Waals surface area (Å²) in [6.45, 7) is 6.31. The fourth-order valence-electron chi connectivity index (χ4n) is 3.68. The monoisotopic (exact) mass is 376 g/mol. The number of H-pyrrole nitrogens is 1. The molecule has 1 aliphatic heterocycles. The molecule has 0 saturated heterocycles. The van der Waals surface area contributed by atoms with Crippen LogP contribution in [0.3, 0.4) is 0 Å². The van der Waals surface area contributed by atoms with Gasteiger partial charge < -0.3 is 15.2 Å². The maximum Gasteiger partial charge on any atom is 0.255 e. The lowest BCUT2D eigenvalue weighted by molar-refractivity contribution is -0.126. The van der Waals surface area contributed by atoms with E-state index >= 15 is 0 Å². The number of carbonyl (C=O) groups is 2. The van der Waals surface area contributed by atoms with E-state index in [0.29, 0.717) is 12.1 Å². The Morgan fingerprint density at radius 3 is 2.54 bits per heavy atom. The topological polar surface area (TPSA) is 78.1 Å². The molecule has 2 amide bonds. The number of carbonyl (C=O) groups excluding carboxylic acids is 2. The normalized spacial score (nSPS) is 15.7. The Bertz CT molecular complexity index is 1010. The second-order valence-electron chi connectivity index (χ2n) is 7.64. The van der Waals surface area contributed by atoms with Gasteiger partial charge in [-0.25, -0.2) is 4.98 Å². The maximum atomic E-state index is 13.0. The Kier molecular flexibility index (Phi) is 4.63. The molecule has 0 radical (unpaired) electrons. The highest BCUT2D eigenvalue weighted by Crippen LogP contribution is 2.26. The van der Waals surface area contributed by atoms with Gasteiger partial charge in [-0.1, -0.05) is 44.2 Å². The van der Waals surface area contributed by atoms with Crippen LogP contribution in [0.1, 0.15) is 48.6 Å². The van der Waals surface area contributed by atoms with Crippen LogP contribution < -0.4 is 5.32 Å². The van der Waals surface area contributed by atoms with Crippen LogP contribution >= 0.6 is 0 Å². The summed E-state index contributed by atoms with van der Waals surface area (Å²) in [5.74, 6) is 0.597. The molecule has 3 aromatic rings. The van der Waals surface area contributed by atoms with Crippen molar-refractivity contribution in [3.05, 3.63) is 65.5 Å². The first-order valence-electron chi connectivity index (χ1n) is 9.59.